The van der Waals surface area contributed by atoms with Crippen LogP contribution in [0, 0.1) is 0 Å². The van der Waals surface area contributed by atoms with E-state index in [2.05, 4.69) is 15.1 Å². The average Bonchev–Trinajstić information content (AvgIpc) is 2.89. The Morgan fingerprint density at radius 3 is 2.94 bits per heavy atom. The number of aryl methyl sites for hydroxylation is 1. The van der Waals surface area contributed by atoms with Crippen LogP contribution in [0.25, 0.3) is 5.82 Å². The van der Waals surface area contributed by atoms with Crippen molar-refractivity contribution in [3.8, 4) is 5.82 Å². The highest BCUT2D eigenvalue weighted by Crippen LogP contribution is 2.07. The van der Waals surface area contributed by atoms with E-state index in [1.165, 1.54) is 17.2 Å². The van der Waals surface area contributed by atoms with Crippen molar-refractivity contribution in [1.82, 2.24) is 19.7 Å². The second-order valence-corrected chi connectivity index (χ2v) is 3.62. The first-order chi connectivity index (χ1) is 8.74. The van der Waals surface area contributed by atoms with Gasteiger partial charge < -0.3 is 4.74 Å². The van der Waals surface area contributed by atoms with E-state index in [1.54, 1.807) is 13.1 Å². The van der Waals surface area contributed by atoms with Gasteiger partial charge in [-0.25, -0.2) is 19.4 Å². The third-order valence-corrected chi connectivity index (χ3v) is 2.40. The zero-order valence-corrected chi connectivity index (χ0v) is 10.3. The monoisotopic (exact) mass is 246 g/mol. The van der Waals surface area contributed by atoms with Crippen molar-refractivity contribution in [2.24, 2.45) is 0 Å². The number of hydrogen-bond donors (Lipinski definition) is 0. The van der Waals surface area contributed by atoms with E-state index >= 15 is 0 Å². The summed E-state index contributed by atoms with van der Waals surface area (Å²) in [5.41, 5.74) is 1.33. The van der Waals surface area contributed by atoms with Crippen LogP contribution < -0.4 is 0 Å². The number of carbonyl (C=O) groups excluding carboxylic acids is 1. The Balaban J connectivity index is 2.26. The van der Waals surface area contributed by atoms with Crippen molar-refractivity contribution in [3.05, 3.63) is 36.0 Å². The zero-order chi connectivity index (χ0) is 13.0. The lowest BCUT2D eigenvalue weighted by Gasteiger charge is -2.01. The second-order valence-electron chi connectivity index (χ2n) is 3.62. The maximum Gasteiger partial charge on any atom is 0.341 e. The average molecular weight is 246 g/mol. The lowest BCUT2D eigenvalue weighted by molar-refractivity contribution is 0.0526. The highest BCUT2D eigenvalue weighted by atomic mass is 16.5. The minimum absolute atomic E-state index is 0.345. The van der Waals surface area contributed by atoms with Crippen LogP contribution in [0.15, 0.2) is 24.8 Å². The van der Waals surface area contributed by atoms with Crippen LogP contribution in [0.2, 0.25) is 0 Å². The SMILES string of the molecule is CCOC(=O)c1cnn(-c2cc(CC)ncn2)c1. The molecule has 0 unspecified atom stereocenters. The third kappa shape index (κ3) is 2.53. The van der Waals surface area contributed by atoms with Crippen molar-refractivity contribution in [2.75, 3.05) is 6.61 Å². The van der Waals surface area contributed by atoms with Crippen LogP contribution in [0.4, 0.5) is 0 Å². The first-order valence-corrected chi connectivity index (χ1v) is 5.77. The fourth-order valence-corrected chi connectivity index (χ4v) is 1.47. The molecule has 18 heavy (non-hydrogen) atoms. The number of esters is 1. The lowest BCUT2D eigenvalue weighted by Crippen LogP contribution is -2.04. The number of hydrogen-bond acceptors (Lipinski definition) is 5. The third-order valence-electron chi connectivity index (χ3n) is 2.40. The normalized spacial score (nSPS) is 10.3. The first-order valence-electron chi connectivity index (χ1n) is 5.77. The lowest BCUT2D eigenvalue weighted by atomic mass is 10.3. The maximum atomic E-state index is 11.5. The molecule has 2 aromatic rings. The Labute approximate surface area is 105 Å². The fourth-order valence-electron chi connectivity index (χ4n) is 1.47. The van der Waals surface area contributed by atoms with E-state index in [4.69, 9.17) is 4.74 Å². The molecule has 0 radical (unpaired) electrons. The van der Waals surface area contributed by atoms with Crippen molar-refractivity contribution in [3.63, 3.8) is 0 Å². The first kappa shape index (κ1) is 12.2. The Hall–Kier alpha value is -2.24. The summed E-state index contributed by atoms with van der Waals surface area (Å²) in [6.07, 6.45) is 5.37. The molecule has 0 spiro atoms. The van der Waals surface area contributed by atoms with Crippen LogP contribution in [0.1, 0.15) is 29.9 Å². The molecule has 0 N–H and O–H groups in total. The van der Waals surface area contributed by atoms with Gasteiger partial charge in [0.05, 0.1) is 18.4 Å². The van der Waals surface area contributed by atoms with E-state index in [9.17, 15) is 4.79 Å². The Kier molecular flexibility index (Phi) is 3.66. The largest absolute Gasteiger partial charge is 0.462 e. The molecule has 0 fully saturated rings. The molecule has 0 atom stereocenters. The van der Waals surface area contributed by atoms with E-state index in [0.717, 1.165) is 12.1 Å². The van der Waals surface area contributed by atoms with Gasteiger partial charge in [0, 0.05) is 18.0 Å². The molecular weight excluding hydrogens is 232 g/mol. The Morgan fingerprint density at radius 2 is 2.22 bits per heavy atom. The maximum absolute atomic E-state index is 11.5. The van der Waals surface area contributed by atoms with Gasteiger partial charge in [0.1, 0.15) is 6.33 Å². The van der Waals surface area contributed by atoms with Crippen molar-refractivity contribution in [2.45, 2.75) is 20.3 Å². The van der Waals surface area contributed by atoms with Crippen LogP contribution in [0.3, 0.4) is 0 Å². The van der Waals surface area contributed by atoms with Crippen LogP contribution in [-0.2, 0) is 11.2 Å². The molecule has 0 saturated carbocycles. The zero-order valence-electron chi connectivity index (χ0n) is 10.3. The summed E-state index contributed by atoms with van der Waals surface area (Å²) < 4.78 is 6.43. The molecule has 0 amide bonds. The molecule has 2 rings (SSSR count). The smallest absolute Gasteiger partial charge is 0.341 e. The molecule has 94 valence electrons. The van der Waals surface area contributed by atoms with Crippen LogP contribution in [-0.4, -0.2) is 32.3 Å². The number of nitrogens with zero attached hydrogens (tertiary/aromatic N) is 4. The number of rotatable bonds is 4. The van der Waals surface area contributed by atoms with Gasteiger partial charge in [0.2, 0.25) is 0 Å². The summed E-state index contributed by atoms with van der Waals surface area (Å²) in [7, 11) is 0. The second kappa shape index (κ2) is 5.39. The van der Waals surface area contributed by atoms with E-state index in [-0.39, 0.29) is 5.97 Å². The summed E-state index contributed by atoms with van der Waals surface area (Å²) in [4.78, 5) is 19.7. The topological polar surface area (TPSA) is 69.9 Å². The van der Waals surface area contributed by atoms with E-state index in [1.807, 2.05) is 13.0 Å². The minimum Gasteiger partial charge on any atom is -0.462 e. The molecule has 6 nitrogen and oxygen atoms in total. The minimum atomic E-state index is -0.381. The molecule has 0 aliphatic carbocycles. The van der Waals surface area contributed by atoms with E-state index in [0.29, 0.717) is 18.0 Å². The Bertz CT molecular complexity index is 551. The van der Waals surface area contributed by atoms with Crippen molar-refractivity contribution in [1.29, 1.82) is 0 Å². The number of carbonyl (C=O) groups is 1. The predicted octanol–water partition coefficient (Wildman–Crippen LogP) is 1.40. The van der Waals surface area contributed by atoms with Crippen LogP contribution >= 0.6 is 0 Å². The van der Waals surface area contributed by atoms with Crippen molar-refractivity contribution < 1.29 is 9.53 Å². The molecule has 0 saturated heterocycles. The standard InChI is InChI=1S/C12H14N4O2/c1-3-10-5-11(14-8-13-10)16-7-9(6-15-16)12(17)18-4-2/h5-8H,3-4H2,1-2H3. The quantitative estimate of drug-likeness (QED) is 0.763. The predicted molar refractivity (Wildman–Crippen MR) is 64.5 cm³/mol. The summed E-state index contributed by atoms with van der Waals surface area (Å²) in [5, 5.41) is 4.09. The van der Waals surface area contributed by atoms with Crippen LogP contribution in [0.5, 0.6) is 0 Å². The molecule has 0 bridgehead atoms. The summed E-state index contributed by atoms with van der Waals surface area (Å²) in [6, 6.07) is 1.84. The van der Waals surface area contributed by atoms with Gasteiger partial charge in [-0.05, 0) is 13.3 Å². The molecule has 0 aliphatic heterocycles. The highest BCUT2D eigenvalue weighted by molar-refractivity contribution is 5.88. The summed E-state index contributed by atoms with van der Waals surface area (Å²) >= 11 is 0. The number of aromatic nitrogens is 4. The Morgan fingerprint density at radius 1 is 1.39 bits per heavy atom. The summed E-state index contributed by atoms with van der Waals surface area (Å²) in [6.45, 7) is 4.12. The van der Waals surface area contributed by atoms with E-state index < -0.39 is 0 Å². The molecule has 2 heterocycles. The molecule has 6 heteroatoms. The van der Waals surface area contributed by atoms with Crippen molar-refractivity contribution >= 4 is 5.97 Å². The van der Waals surface area contributed by atoms with Gasteiger partial charge >= 0.3 is 5.97 Å². The van der Waals surface area contributed by atoms with Gasteiger partial charge in [0.25, 0.3) is 0 Å². The van der Waals surface area contributed by atoms with Gasteiger partial charge in [-0.3, -0.25) is 0 Å². The molecular formula is C12H14N4O2. The molecule has 2 aromatic heterocycles. The van der Waals surface area contributed by atoms with Gasteiger partial charge in [-0.15, -0.1) is 0 Å². The van der Waals surface area contributed by atoms with Gasteiger partial charge in [-0.1, -0.05) is 6.92 Å². The fraction of sp³-hybridized carbons (Fsp3) is 0.333. The van der Waals surface area contributed by atoms with Gasteiger partial charge in [-0.2, -0.15) is 5.10 Å². The number of ether oxygens (including phenoxy) is 1. The summed E-state index contributed by atoms with van der Waals surface area (Å²) in [5.74, 6) is 0.255. The molecule has 0 aliphatic rings. The highest BCUT2D eigenvalue weighted by Gasteiger charge is 2.10. The van der Waals surface area contributed by atoms with Gasteiger partial charge in [0.15, 0.2) is 5.82 Å². The molecule has 0 aromatic carbocycles.